The van der Waals surface area contributed by atoms with Gasteiger partial charge in [0.25, 0.3) is 5.56 Å². The van der Waals surface area contributed by atoms with Crippen LogP contribution in [-0.2, 0) is 11.6 Å². The van der Waals surface area contributed by atoms with Crippen LogP contribution < -0.4 is 10.5 Å². The maximum absolute atomic E-state index is 12.8. The number of Topliss-reactive ketones (excluding diaryl/α,β-unsaturated/α-hetero) is 1. The zero-order valence-corrected chi connectivity index (χ0v) is 16.0. The second-order valence-electron chi connectivity index (χ2n) is 7.02. The van der Waals surface area contributed by atoms with Gasteiger partial charge in [0, 0.05) is 31.6 Å². The fourth-order valence-corrected chi connectivity index (χ4v) is 3.06. The first-order valence-corrected chi connectivity index (χ1v) is 8.38. The van der Waals surface area contributed by atoms with Crippen molar-refractivity contribution in [3.63, 3.8) is 0 Å². The highest BCUT2D eigenvalue weighted by Crippen LogP contribution is 2.37. The topological polar surface area (TPSA) is 66.1 Å². The van der Waals surface area contributed by atoms with Gasteiger partial charge in [-0.2, -0.15) is 13.2 Å². The van der Waals surface area contributed by atoms with Crippen LogP contribution in [0.25, 0.3) is 0 Å². The fraction of sp³-hybridized carbons (Fsp3) is 0.389. The standard InChI is InChI=1S/C18H19ClF3N3O2/c1-17(2,11-6-5-10(7-12(11)19)18(20,21)22)9-14(26)13-8-15(27)24-16(23-13)25(3)4/h5-8H,9H2,1-4H3,(H,23,24,27). The zero-order valence-electron chi connectivity index (χ0n) is 15.2. The van der Waals surface area contributed by atoms with E-state index in [9.17, 15) is 22.8 Å². The lowest BCUT2D eigenvalue weighted by molar-refractivity contribution is -0.137. The second-order valence-corrected chi connectivity index (χ2v) is 7.43. The minimum absolute atomic E-state index is 0.0152. The van der Waals surface area contributed by atoms with Gasteiger partial charge in [0.15, 0.2) is 5.78 Å². The molecule has 0 aliphatic heterocycles. The summed E-state index contributed by atoms with van der Waals surface area (Å²) in [6.45, 7) is 3.39. The van der Waals surface area contributed by atoms with Crippen LogP contribution in [0, 0.1) is 0 Å². The number of ketones is 1. The predicted octanol–water partition coefficient (Wildman–Crippen LogP) is 4.06. The number of rotatable bonds is 5. The zero-order chi connectivity index (χ0) is 20.6. The number of alkyl halides is 3. The Bertz CT molecular complexity index is 921. The summed E-state index contributed by atoms with van der Waals surface area (Å²) in [5.74, 6) is -0.179. The number of benzene rings is 1. The Hall–Kier alpha value is -2.35. The number of nitrogens with one attached hydrogen (secondary N) is 1. The Morgan fingerprint density at radius 3 is 2.37 bits per heavy atom. The van der Waals surface area contributed by atoms with Crippen LogP contribution in [0.15, 0.2) is 29.1 Å². The van der Waals surface area contributed by atoms with Crippen molar-refractivity contribution in [2.75, 3.05) is 19.0 Å². The lowest BCUT2D eigenvalue weighted by Crippen LogP contribution is -2.26. The Kier molecular flexibility index (Phi) is 5.70. The van der Waals surface area contributed by atoms with Gasteiger partial charge in [-0.3, -0.25) is 14.6 Å². The van der Waals surface area contributed by atoms with Crippen LogP contribution in [0.3, 0.4) is 0 Å². The highest BCUT2D eigenvalue weighted by molar-refractivity contribution is 6.31. The number of hydrogen-bond donors (Lipinski definition) is 1. The molecule has 2 rings (SSSR count). The number of H-pyrrole nitrogens is 1. The Morgan fingerprint density at radius 2 is 1.85 bits per heavy atom. The minimum atomic E-state index is -4.50. The number of aromatic nitrogens is 2. The van der Waals surface area contributed by atoms with Crippen molar-refractivity contribution in [1.82, 2.24) is 9.97 Å². The molecule has 0 aliphatic rings. The molecule has 0 aliphatic carbocycles. The van der Waals surface area contributed by atoms with Gasteiger partial charge in [0.1, 0.15) is 5.69 Å². The van der Waals surface area contributed by atoms with E-state index in [4.69, 9.17) is 11.6 Å². The third-order valence-electron chi connectivity index (χ3n) is 4.07. The van der Waals surface area contributed by atoms with Crippen molar-refractivity contribution >= 4 is 23.3 Å². The Balaban J connectivity index is 2.33. The van der Waals surface area contributed by atoms with Crippen molar-refractivity contribution in [2.24, 2.45) is 0 Å². The normalized spacial score (nSPS) is 12.1. The number of nitrogens with zero attached hydrogens (tertiary/aromatic N) is 2. The SMILES string of the molecule is CN(C)c1nc(C(=O)CC(C)(C)c2ccc(C(F)(F)F)cc2Cl)cc(=O)[nH]1. The van der Waals surface area contributed by atoms with Crippen molar-refractivity contribution in [1.29, 1.82) is 0 Å². The number of hydrogen-bond acceptors (Lipinski definition) is 4. The van der Waals surface area contributed by atoms with E-state index < -0.39 is 28.5 Å². The number of anilines is 1. The fourth-order valence-electron chi connectivity index (χ4n) is 2.63. The molecule has 0 unspecified atom stereocenters. The molecule has 0 saturated heterocycles. The summed E-state index contributed by atoms with van der Waals surface area (Å²) in [6, 6.07) is 4.15. The van der Waals surface area contributed by atoms with E-state index in [0.717, 1.165) is 18.2 Å². The van der Waals surface area contributed by atoms with E-state index in [0.29, 0.717) is 5.56 Å². The molecule has 0 saturated carbocycles. The van der Waals surface area contributed by atoms with Crippen LogP contribution in [0.5, 0.6) is 0 Å². The summed E-state index contributed by atoms with van der Waals surface area (Å²) in [5.41, 5.74) is -1.80. The van der Waals surface area contributed by atoms with Crippen molar-refractivity contribution in [3.05, 3.63) is 56.5 Å². The summed E-state index contributed by atoms with van der Waals surface area (Å²) < 4.78 is 38.4. The van der Waals surface area contributed by atoms with Gasteiger partial charge in [0.05, 0.1) is 5.56 Å². The van der Waals surface area contributed by atoms with Gasteiger partial charge in [0.2, 0.25) is 5.95 Å². The quantitative estimate of drug-likeness (QED) is 0.767. The molecule has 9 heteroatoms. The van der Waals surface area contributed by atoms with Crippen LogP contribution in [0.2, 0.25) is 5.02 Å². The largest absolute Gasteiger partial charge is 0.416 e. The van der Waals surface area contributed by atoms with Crippen molar-refractivity contribution in [2.45, 2.75) is 31.9 Å². The van der Waals surface area contributed by atoms with Gasteiger partial charge < -0.3 is 4.90 Å². The van der Waals surface area contributed by atoms with Crippen LogP contribution >= 0.6 is 11.6 Å². The van der Waals surface area contributed by atoms with E-state index in [1.54, 1.807) is 32.8 Å². The maximum Gasteiger partial charge on any atom is 0.416 e. The summed E-state index contributed by atoms with van der Waals surface area (Å²) in [7, 11) is 3.33. The summed E-state index contributed by atoms with van der Waals surface area (Å²) in [6.07, 6.45) is -4.58. The molecular formula is C18H19ClF3N3O2. The first-order valence-electron chi connectivity index (χ1n) is 8.00. The van der Waals surface area contributed by atoms with Crippen LogP contribution in [0.1, 0.15) is 41.9 Å². The van der Waals surface area contributed by atoms with Gasteiger partial charge in [-0.1, -0.05) is 31.5 Å². The highest BCUT2D eigenvalue weighted by Gasteiger charge is 2.33. The first kappa shape index (κ1) is 21.0. The van der Waals surface area contributed by atoms with Crippen molar-refractivity contribution in [3.8, 4) is 0 Å². The average Bonchev–Trinajstić information content (AvgIpc) is 2.52. The number of carbonyl (C=O) groups is 1. The molecule has 0 spiro atoms. The molecular weight excluding hydrogens is 383 g/mol. The molecule has 1 N–H and O–H groups in total. The molecule has 0 bridgehead atoms. The number of halogens is 4. The summed E-state index contributed by atoms with van der Waals surface area (Å²) in [4.78, 5) is 32.6. The molecule has 5 nitrogen and oxygen atoms in total. The summed E-state index contributed by atoms with van der Waals surface area (Å²) >= 11 is 6.05. The first-order chi connectivity index (χ1) is 12.3. The molecule has 27 heavy (non-hydrogen) atoms. The van der Waals surface area contributed by atoms with Gasteiger partial charge in [-0.25, -0.2) is 4.98 Å². The van der Waals surface area contributed by atoms with E-state index in [1.807, 2.05) is 0 Å². The van der Waals surface area contributed by atoms with Crippen LogP contribution in [-0.4, -0.2) is 29.8 Å². The predicted molar refractivity (Wildman–Crippen MR) is 97.6 cm³/mol. The third kappa shape index (κ3) is 4.88. The van der Waals surface area contributed by atoms with Gasteiger partial charge >= 0.3 is 6.18 Å². The molecule has 0 radical (unpaired) electrons. The summed E-state index contributed by atoms with van der Waals surface area (Å²) in [5, 5.41) is -0.0736. The molecule has 1 heterocycles. The van der Waals surface area contributed by atoms with E-state index in [2.05, 4.69) is 9.97 Å². The second kappa shape index (κ2) is 7.34. The molecule has 1 aromatic heterocycles. The third-order valence-corrected chi connectivity index (χ3v) is 4.38. The average molecular weight is 402 g/mol. The highest BCUT2D eigenvalue weighted by atomic mass is 35.5. The molecule has 0 fully saturated rings. The lowest BCUT2D eigenvalue weighted by atomic mass is 9.79. The van der Waals surface area contributed by atoms with Crippen molar-refractivity contribution < 1.29 is 18.0 Å². The molecule has 0 atom stereocenters. The van der Waals surface area contributed by atoms with Crippen LogP contribution in [0.4, 0.5) is 19.1 Å². The molecule has 0 amide bonds. The van der Waals surface area contributed by atoms with Gasteiger partial charge in [-0.15, -0.1) is 0 Å². The maximum atomic E-state index is 12.8. The van der Waals surface area contributed by atoms with E-state index in [-0.39, 0.29) is 23.1 Å². The lowest BCUT2D eigenvalue weighted by Gasteiger charge is -2.26. The Morgan fingerprint density at radius 1 is 1.22 bits per heavy atom. The molecule has 1 aromatic carbocycles. The van der Waals surface area contributed by atoms with E-state index in [1.165, 1.54) is 6.07 Å². The minimum Gasteiger partial charge on any atom is -0.348 e. The number of aromatic amines is 1. The molecule has 146 valence electrons. The van der Waals surface area contributed by atoms with Gasteiger partial charge in [-0.05, 0) is 23.1 Å². The Labute approximate surface area is 159 Å². The smallest absolute Gasteiger partial charge is 0.348 e. The molecule has 2 aromatic rings. The number of carbonyl (C=O) groups excluding carboxylic acids is 1. The monoisotopic (exact) mass is 401 g/mol. The van der Waals surface area contributed by atoms with E-state index >= 15 is 0 Å².